The van der Waals surface area contributed by atoms with Crippen LogP contribution in [-0.4, -0.2) is 47.4 Å². The Bertz CT molecular complexity index is 925. The highest BCUT2D eigenvalue weighted by Crippen LogP contribution is 2.17. The molecule has 156 valence electrons. The maximum absolute atomic E-state index is 4.61. The van der Waals surface area contributed by atoms with E-state index in [9.17, 15) is 0 Å². The lowest BCUT2D eigenvalue weighted by molar-refractivity contribution is 0.791. The molecule has 0 spiro atoms. The van der Waals surface area contributed by atoms with Gasteiger partial charge in [0.25, 0.3) is 0 Å². The minimum absolute atomic E-state index is 0.700. The summed E-state index contributed by atoms with van der Waals surface area (Å²) in [6.45, 7) is 3.75. The molecule has 0 radical (unpaired) electrons. The van der Waals surface area contributed by atoms with Crippen molar-refractivity contribution in [3.05, 3.63) is 72.2 Å². The number of aromatic nitrogens is 3. The first-order chi connectivity index (χ1) is 14.8. The Balaban J connectivity index is 1.21. The van der Waals surface area contributed by atoms with E-state index in [1.807, 2.05) is 23.1 Å². The highest BCUT2D eigenvalue weighted by atomic mass is 15.3. The Morgan fingerprint density at radius 3 is 2.50 bits per heavy atom. The third kappa shape index (κ3) is 5.17. The van der Waals surface area contributed by atoms with Crippen molar-refractivity contribution in [1.82, 2.24) is 25.4 Å². The molecule has 3 aromatic rings. The summed E-state index contributed by atoms with van der Waals surface area (Å²) in [6.07, 6.45) is 9.14. The van der Waals surface area contributed by atoms with Crippen molar-refractivity contribution in [2.24, 2.45) is 4.99 Å². The van der Waals surface area contributed by atoms with Crippen molar-refractivity contribution in [3.63, 3.8) is 0 Å². The second kappa shape index (κ2) is 9.91. The van der Waals surface area contributed by atoms with Crippen molar-refractivity contribution < 1.29 is 0 Å². The molecule has 1 aliphatic rings. The van der Waals surface area contributed by atoms with Crippen LogP contribution in [0.2, 0.25) is 0 Å². The van der Waals surface area contributed by atoms with E-state index in [-0.39, 0.29) is 0 Å². The van der Waals surface area contributed by atoms with Gasteiger partial charge in [0.05, 0.1) is 5.69 Å². The highest BCUT2D eigenvalue weighted by Gasteiger charge is 2.12. The maximum atomic E-state index is 4.61. The molecule has 30 heavy (non-hydrogen) atoms. The standard InChI is InChI=1S/C23H29N7/c1-24-23(27-18-20-7-10-22(26-17-20)29-14-2-3-15-29)25-13-11-19-5-8-21(9-6-19)30-16-4-12-28-30/h4-10,12,16-17H,2-3,11,13-15,18H2,1H3,(H2,24,25,27). The van der Waals surface area contributed by atoms with Gasteiger partial charge in [0.15, 0.2) is 5.96 Å². The van der Waals surface area contributed by atoms with E-state index in [2.05, 4.69) is 67.0 Å². The summed E-state index contributed by atoms with van der Waals surface area (Å²) >= 11 is 0. The molecule has 1 aliphatic heterocycles. The Morgan fingerprint density at radius 2 is 1.83 bits per heavy atom. The number of benzene rings is 1. The molecule has 0 aliphatic carbocycles. The lowest BCUT2D eigenvalue weighted by atomic mass is 10.1. The van der Waals surface area contributed by atoms with Crippen LogP contribution in [0, 0.1) is 0 Å². The predicted molar refractivity (Wildman–Crippen MR) is 121 cm³/mol. The molecule has 1 saturated heterocycles. The van der Waals surface area contributed by atoms with Crippen LogP contribution in [0.15, 0.2) is 66.0 Å². The molecule has 1 fully saturated rings. The van der Waals surface area contributed by atoms with E-state index >= 15 is 0 Å². The summed E-state index contributed by atoms with van der Waals surface area (Å²) in [5.41, 5.74) is 3.49. The first-order valence-corrected chi connectivity index (χ1v) is 10.6. The smallest absolute Gasteiger partial charge is 0.191 e. The summed E-state index contributed by atoms with van der Waals surface area (Å²) in [7, 11) is 1.79. The molecule has 2 N–H and O–H groups in total. The van der Waals surface area contributed by atoms with Crippen LogP contribution in [0.5, 0.6) is 0 Å². The van der Waals surface area contributed by atoms with Crippen molar-refractivity contribution in [2.75, 3.05) is 31.6 Å². The molecular formula is C23H29N7. The quantitative estimate of drug-likeness (QED) is 0.469. The van der Waals surface area contributed by atoms with Crippen LogP contribution in [-0.2, 0) is 13.0 Å². The Hall–Kier alpha value is -3.35. The van der Waals surface area contributed by atoms with Gasteiger partial charge in [-0.15, -0.1) is 0 Å². The molecule has 1 aromatic carbocycles. The molecule has 7 heteroatoms. The summed E-state index contributed by atoms with van der Waals surface area (Å²) in [5, 5.41) is 11.0. The van der Waals surface area contributed by atoms with Crippen LogP contribution in [0.4, 0.5) is 5.82 Å². The minimum atomic E-state index is 0.700. The maximum Gasteiger partial charge on any atom is 0.191 e. The second-order valence-corrected chi connectivity index (χ2v) is 7.44. The van der Waals surface area contributed by atoms with Crippen LogP contribution >= 0.6 is 0 Å². The Kier molecular flexibility index (Phi) is 6.59. The van der Waals surface area contributed by atoms with Gasteiger partial charge in [0.1, 0.15) is 5.82 Å². The number of rotatable bonds is 7. The van der Waals surface area contributed by atoms with Gasteiger partial charge in [-0.05, 0) is 54.7 Å². The lowest BCUT2D eigenvalue weighted by Crippen LogP contribution is -2.37. The zero-order valence-corrected chi connectivity index (χ0v) is 17.5. The highest BCUT2D eigenvalue weighted by molar-refractivity contribution is 5.79. The predicted octanol–water partition coefficient (Wildman–Crippen LogP) is 2.78. The van der Waals surface area contributed by atoms with Crippen LogP contribution in [0.3, 0.4) is 0 Å². The number of aliphatic imine (C=N–C) groups is 1. The Labute approximate surface area is 177 Å². The van der Waals surface area contributed by atoms with E-state index in [0.717, 1.165) is 49.1 Å². The molecule has 4 rings (SSSR count). The fraction of sp³-hybridized carbons (Fsp3) is 0.348. The number of pyridine rings is 1. The monoisotopic (exact) mass is 403 g/mol. The number of guanidine groups is 1. The van der Waals surface area contributed by atoms with E-state index < -0.39 is 0 Å². The van der Waals surface area contributed by atoms with E-state index in [4.69, 9.17) is 0 Å². The summed E-state index contributed by atoms with van der Waals surface area (Å²) in [4.78, 5) is 11.3. The first kappa shape index (κ1) is 19.9. The number of anilines is 1. The van der Waals surface area contributed by atoms with Gasteiger partial charge in [-0.1, -0.05) is 18.2 Å². The number of hydrogen-bond acceptors (Lipinski definition) is 4. The molecule has 0 atom stereocenters. The fourth-order valence-electron chi connectivity index (χ4n) is 3.62. The molecule has 3 heterocycles. The fourth-order valence-corrected chi connectivity index (χ4v) is 3.62. The molecule has 0 saturated carbocycles. The normalized spacial score (nSPS) is 14.2. The summed E-state index contributed by atoms with van der Waals surface area (Å²) in [5.74, 6) is 1.88. The molecule has 0 bridgehead atoms. The van der Waals surface area contributed by atoms with Gasteiger partial charge < -0.3 is 15.5 Å². The van der Waals surface area contributed by atoms with Gasteiger partial charge in [-0.2, -0.15) is 5.10 Å². The number of nitrogens with one attached hydrogen (secondary N) is 2. The van der Waals surface area contributed by atoms with Gasteiger partial charge in [-0.25, -0.2) is 9.67 Å². The SMILES string of the molecule is CN=C(NCCc1ccc(-n2cccn2)cc1)NCc1ccc(N2CCCC2)nc1. The molecule has 7 nitrogen and oxygen atoms in total. The average Bonchev–Trinajstić information content (AvgIpc) is 3.52. The van der Waals surface area contributed by atoms with Crippen molar-refractivity contribution >= 4 is 11.8 Å². The van der Waals surface area contributed by atoms with Crippen LogP contribution < -0.4 is 15.5 Å². The zero-order valence-electron chi connectivity index (χ0n) is 17.5. The lowest BCUT2D eigenvalue weighted by Gasteiger charge is -2.16. The number of hydrogen-bond donors (Lipinski definition) is 2. The number of nitrogens with zero attached hydrogens (tertiary/aromatic N) is 5. The first-order valence-electron chi connectivity index (χ1n) is 10.6. The van der Waals surface area contributed by atoms with Gasteiger partial charge >= 0.3 is 0 Å². The second-order valence-electron chi connectivity index (χ2n) is 7.44. The van der Waals surface area contributed by atoms with Crippen molar-refractivity contribution in [2.45, 2.75) is 25.8 Å². The summed E-state index contributed by atoms with van der Waals surface area (Å²) < 4.78 is 1.86. The minimum Gasteiger partial charge on any atom is -0.357 e. The van der Waals surface area contributed by atoms with Crippen LogP contribution in [0.25, 0.3) is 5.69 Å². The third-order valence-corrected chi connectivity index (χ3v) is 5.33. The van der Waals surface area contributed by atoms with E-state index in [0.29, 0.717) is 6.54 Å². The molecule has 2 aromatic heterocycles. The Morgan fingerprint density at radius 1 is 1.03 bits per heavy atom. The van der Waals surface area contributed by atoms with E-state index in [1.54, 1.807) is 13.2 Å². The van der Waals surface area contributed by atoms with Crippen molar-refractivity contribution in [1.29, 1.82) is 0 Å². The average molecular weight is 404 g/mol. The molecular weight excluding hydrogens is 374 g/mol. The summed E-state index contributed by atoms with van der Waals surface area (Å²) in [6, 6.07) is 14.6. The third-order valence-electron chi connectivity index (χ3n) is 5.33. The van der Waals surface area contributed by atoms with Crippen molar-refractivity contribution in [3.8, 4) is 5.69 Å². The van der Waals surface area contributed by atoms with Gasteiger partial charge in [0, 0.05) is 51.8 Å². The topological polar surface area (TPSA) is 70.4 Å². The molecule has 0 unspecified atom stereocenters. The van der Waals surface area contributed by atoms with Gasteiger partial charge in [0.2, 0.25) is 0 Å². The van der Waals surface area contributed by atoms with Crippen LogP contribution in [0.1, 0.15) is 24.0 Å². The zero-order chi connectivity index (χ0) is 20.6. The largest absolute Gasteiger partial charge is 0.357 e. The van der Waals surface area contributed by atoms with Gasteiger partial charge in [-0.3, -0.25) is 4.99 Å². The molecule has 0 amide bonds. The van der Waals surface area contributed by atoms with E-state index in [1.165, 1.54) is 18.4 Å².